The molecule has 3 nitrogen and oxygen atoms in total. The van der Waals surface area contributed by atoms with E-state index in [1.807, 2.05) is 18.2 Å². The zero-order valence-corrected chi connectivity index (χ0v) is 12.7. The monoisotopic (exact) mass is 298 g/mol. The molecule has 1 saturated heterocycles. The van der Waals surface area contributed by atoms with Crippen molar-refractivity contribution in [3.05, 3.63) is 35.9 Å². The molecule has 21 heavy (non-hydrogen) atoms. The van der Waals surface area contributed by atoms with Crippen molar-refractivity contribution in [3.8, 4) is 0 Å². The van der Waals surface area contributed by atoms with Crippen LogP contribution in [0.1, 0.15) is 19.4 Å². The fourth-order valence-corrected chi connectivity index (χ4v) is 2.77. The van der Waals surface area contributed by atoms with Gasteiger partial charge < -0.3 is 10.1 Å². The van der Waals surface area contributed by atoms with Crippen molar-refractivity contribution in [3.63, 3.8) is 0 Å². The molecule has 5 heteroatoms. The van der Waals surface area contributed by atoms with E-state index in [0.29, 0.717) is 19.2 Å². The molecular weight excluding hydrogens is 274 g/mol. The summed E-state index contributed by atoms with van der Waals surface area (Å²) in [5.74, 6) is 0. The Balaban J connectivity index is 1.92. The highest BCUT2D eigenvalue weighted by Crippen LogP contribution is 2.26. The largest absolute Gasteiger partial charge is 0.374 e. The summed E-state index contributed by atoms with van der Waals surface area (Å²) < 4.78 is 29.2. The Bertz CT molecular complexity index is 430. The standard InChI is InChI=1S/C16H24F2N2O/c1-13-10-19-16(2,14-6-4-3-5-7-14)12-20(13)8-9-21-11-15(17)18/h3-7,13,15,19H,8-12H2,1-2H3. The highest BCUT2D eigenvalue weighted by atomic mass is 19.3. The smallest absolute Gasteiger partial charge is 0.261 e. The Kier molecular flexibility index (Phi) is 5.67. The number of ether oxygens (including phenoxy) is 1. The van der Waals surface area contributed by atoms with E-state index in [1.165, 1.54) is 5.56 Å². The lowest BCUT2D eigenvalue weighted by molar-refractivity contribution is -0.00232. The van der Waals surface area contributed by atoms with Gasteiger partial charge in [0, 0.05) is 25.7 Å². The molecule has 1 aromatic rings. The lowest BCUT2D eigenvalue weighted by Gasteiger charge is -2.45. The van der Waals surface area contributed by atoms with Gasteiger partial charge in [0.25, 0.3) is 6.43 Å². The van der Waals surface area contributed by atoms with Crippen LogP contribution in [0, 0.1) is 0 Å². The third-order valence-corrected chi connectivity index (χ3v) is 4.11. The van der Waals surface area contributed by atoms with Gasteiger partial charge in [0.15, 0.2) is 0 Å². The zero-order chi connectivity index (χ0) is 15.3. The van der Waals surface area contributed by atoms with E-state index in [9.17, 15) is 8.78 Å². The van der Waals surface area contributed by atoms with Crippen LogP contribution in [-0.4, -0.2) is 50.2 Å². The van der Waals surface area contributed by atoms with E-state index in [1.54, 1.807) is 0 Å². The van der Waals surface area contributed by atoms with Crippen molar-refractivity contribution in [1.29, 1.82) is 0 Å². The van der Waals surface area contributed by atoms with Gasteiger partial charge in [-0.25, -0.2) is 8.78 Å². The Morgan fingerprint density at radius 2 is 2.10 bits per heavy atom. The first-order valence-corrected chi connectivity index (χ1v) is 7.42. The van der Waals surface area contributed by atoms with Crippen LogP contribution < -0.4 is 5.32 Å². The molecular formula is C16H24F2N2O. The average molecular weight is 298 g/mol. The SMILES string of the molecule is CC1CNC(C)(c2ccccc2)CN1CCOCC(F)F. The zero-order valence-electron chi connectivity index (χ0n) is 12.7. The van der Waals surface area contributed by atoms with Gasteiger partial charge in [-0.2, -0.15) is 0 Å². The molecule has 118 valence electrons. The van der Waals surface area contributed by atoms with Gasteiger partial charge in [0.05, 0.1) is 12.1 Å². The maximum atomic E-state index is 12.1. The van der Waals surface area contributed by atoms with Crippen LogP contribution in [0.3, 0.4) is 0 Å². The van der Waals surface area contributed by atoms with Gasteiger partial charge in [-0.05, 0) is 19.4 Å². The summed E-state index contributed by atoms with van der Waals surface area (Å²) in [5, 5.41) is 3.60. The molecule has 1 aliphatic rings. The molecule has 1 heterocycles. The first kappa shape index (κ1) is 16.3. The van der Waals surface area contributed by atoms with Crippen molar-refractivity contribution < 1.29 is 13.5 Å². The fraction of sp³-hybridized carbons (Fsp3) is 0.625. The summed E-state index contributed by atoms with van der Waals surface area (Å²) in [6.45, 7) is 6.59. The van der Waals surface area contributed by atoms with E-state index in [4.69, 9.17) is 4.74 Å². The van der Waals surface area contributed by atoms with Crippen molar-refractivity contribution in [2.75, 3.05) is 32.8 Å². The van der Waals surface area contributed by atoms with E-state index >= 15 is 0 Å². The van der Waals surface area contributed by atoms with Crippen LogP contribution in [0.4, 0.5) is 8.78 Å². The molecule has 0 amide bonds. The molecule has 0 radical (unpaired) electrons. The van der Waals surface area contributed by atoms with Gasteiger partial charge in [-0.15, -0.1) is 0 Å². The summed E-state index contributed by atoms with van der Waals surface area (Å²) in [4.78, 5) is 2.30. The normalized spacial score (nSPS) is 27.2. The number of alkyl halides is 2. The first-order chi connectivity index (χ1) is 10.0. The Morgan fingerprint density at radius 1 is 1.38 bits per heavy atom. The predicted molar refractivity (Wildman–Crippen MR) is 79.7 cm³/mol. The number of nitrogens with one attached hydrogen (secondary N) is 1. The number of rotatable bonds is 6. The summed E-state index contributed by atoms with van der Waals surface area (Å²) in [7, 11) is 0. The van der Waals surface area contributed by atoms with Crippen LogP contribution >= 0.6 is 0 Å². The molecule has 0 bridgehead atoms. The lowest BCUT2D eigenvalue weighted by Crippen LogP contribution is -2.60. The van der Waals surface area contributed by atoms with Crippen molar-refractivity contribution in [1.82, 2.24) is 10.2 Å². The Hall–Kier alpha value is -1.04. The van der Waals surface area contributed by atoms with Crippen LogP contribution in [0.2, 0.25) is 0 Å². The third-order valence-electron chi connectivity index (χ3n) is 4.11. The maximum absolute atomic E-state index is 12.1. The molecule has 1 aliphatic heterocycles. The molecule has 1 fully saturated rings. The summed E-state index contributed by atoms with van der Waals surface area (Å²) in [5.41, 5.74) is 1.13. The molecule has 1 aromatic carbocycles. The average Bonchev–Trinajstić information content (AvgIpc) is 2.48. The second-order valence-corrected chi connectivity index (χ2v) is 5.86. The second kappa shape index (κ2) is 7.29. The highest BCUT2D eigenvalue weighted by Gasteiger charge is 2.34. The fourth-order valence-electron chi connectivity index (χ4n) is 2.77. The van der Waals surface area contributed by atoms with Crippen LogP contribution in [-0.2, 0) is 10.3 Å². The Labute approximate surface area is 125 Å². The minimum Gasteiger partial charge on any atom is -0.374 e. The van der Waals surface area contributed by atoms with Crippen LogP contribution in [0.25, 0.3) is 0 Å². The molecule has 1 N–H and O–H groups in total. The minimum atomic E-state index is -2.39. The quantitative estimate of drug-likeness (QED) is 0.817. The van der Waals surface area contributed by atoms with E-state index < -0.39 is 13.0 Å². The van der Waals surface area contributed by atoms with Crippen molar-refractivity contribution in [2.45, 2.75) is 31.9 Å². The molecule has 0 saturated carbocycles. The number of benzene rings is 1. The number of halogens is 2. The molecule has 2 rings (SSSR count). The van der Waals surface area contributed by atoms with E-state index in [2.05, 4.69) is 36.2 Å². The topological polar surface area (TPSA) is 24.5 Å². The molecule has 2 unspecified atom stereocenters. The third kappa shape index (κ3) is 4.46. The van der Waals surface area contributed by atoms with Crippen molar-refractivity contribution >= 4 is 0 Å². The summed E-state index contributed by atoms with van der Waals surface area (Å²) >= 11 is 0. The predicted octanol–water partition coefficient (Wildman–Crippen LogP) is 2.48. The molecule has 0 spiro atoms. The molecule has 2 atom stereocenters. The van der Waals surface area contributed by atoms with Gasteiger partial charge in [-0.1, -0.05) is 30.3 Å². The number of piperazine rings is 1. The van der Waals surface area contributed by atoms with Gasteiger partial charge >= 0.3 is 0 Å². The second-order valence-electron chi connectivity index (χ2n) is 5.86. The van der Waals surface area contributed by atoms with Gasteiger partial charge in [-0.3, -0.25) is 4.90 Å². The summed E-state index contributed by atoms with van der Waals surface area (Å²) in [6.07, 6.45) is -2.39. The number of hydrogen-bond donors (Lipinski definition) is 1. The first-order valence-electron chi connectivity index (χ1n) is 7.42. The Morgan fingerprint density at radius 3 is 2.76 bits per heavy atom. The van der Waals surface area contributed by atoms with Crippen molar-refractivity contribution in [2.24, 2.45) is 0 Å². The minimum absolute atomic E-state index is 0.115. The molecule has 0 aliphatic carbocycles. The highest BCUT2D eigenvalue weighted by molar-refractivity contribution is 5.25. The lowest BCUT2D eigenvalue weighted by atomic mass is 9.88. The summed E-state index contributed by atoms with van der Waals surface area (Å²) in [6, 6.07) is 10.7. The van der Waals surface area contributed by atoms with Crippen LogP contribution in [0.5, 0.6) is 0 Å². The van der Waals surface area contributed by atoms with Gasteiger partial charge in [0.2, 0.25) is 0 Å². The van der Waals surface area contributed by atoms with Crippen LogP contribution in [0.15, 0.2) is 30.3 Å². The number of hydrogen-bond acceptors (Lipinski definition) is 3. The molecule has 0 aromatic heterocycles. The number of nitrogens with zero attached hydrogens (tertiary/aromatic N) is 1. The van der Waals surface area contributed by atoms with Gasteiger partial charge in [0.1, 0.15) is 6.61 Å². The maximum Gasteiger partial charge on any atom is 0.261 e. The van der Waals surface area contributed by atoms with E-state index in [0.717, 1.165) is 13.1 Å². The van der Waals surface area contributed by atoms with E-state index in [-0.39, 0.29) is 5.54 Å².